The van der Waals surface area contributed by atoms with E-state index in [1.54, 1.807) is 6.08 Å². The fourth-order valence-corrected chi connectivity index (χ4v) is 5.83. The molecular weight excluding hydrogens is 340 g/mol. The molecule has 26 heavy (non-hydrogen) atoms. The van der Waals surface area contributed by atoms with Gasteiger partial charge in [-0.2, -0.15) is 0 Å². The van der Waals surface area contributed by atoms with E-state index in [0.717, 1.165) is 18.4 Å². The fraction of sp³-hybridized carbons (Fsp3) is 0.773. The first-order valence-corrected chi connectivity index (χ1v) is 13.1. The summed E-state index contributed by atoms with van der Waals surface area (Å²) in [6.45, 7) is 18.3. The topological polar surface area (TPSA) is 35.5 Å². The van der Waals surface area contributed by atoms with E-state index in [1.807, 2.05) is 6.92 Å². The minimum atomic E-state index is -1.78. The van der Waals surface area contributed by atoms with Crippen LogP contribution in [0, 0.1) is 11.3 Å². The van der Waals surface area contributed by atoms with Gasteiger partial charge in [-0.15, -0.1) is 0 Å². The quantitative estimate of drug-likeness (QED) is 0.333. The monoisotopic (exact) mass is 378 g/mol. The molecule has 0 aromatic carbocycles. The third kappa shape index (κ3) is 4.17. The van der Waals surface area contributed by atoms with Gasteiger partial charge in [-0.25, -0.2) is 4.79 Å². The number of allylic oxidation sites excluding steroid dienone is 3. The molecular formula is C22H38O3Si. The maximum Gasteiger partial charge on any atom is 0.331 e. The molecule has 0 spiro atoms. The molecule has 0 saturated heterocycles. The van der Waals surface area contributed by atoms with Crippen LogP contribution in [0.15, 0.2) is 23.3 Å². The average molecular weight is 379 g/mol. The van der Waals surface area contributed by atoms with Crippen LogP contribution >= 0.6 is 0 Å². The minimum Gasteiger partial charge on any atom is -0.463 e. The van der Waals surface area contributed by atoms with Crippen molar-refractivity contribution < 1.29 is 14.0 Å². The molecule has 2 aliphatic carbocycles. The van der Waals surface area contributed by atoms with Crippen molar-refractivity contribution in [2.24, 2.45) is 11.3 Å². The smallest absolute Gasteiger partial charge is 0.331 e. The van der Waals surface area contributed by atoms with Crippen molar-refractivity contribution in [3.8, 4) is 0 Å². The lowest BCUT2D eigenvalue weighted by molar-refractivity contribution is -0.137. The first kappa shape index (κ1) is 21.4. The number of hydrogen-bond acceptors (Lipinski definition) is 3. The summed E-state index contributed by atoms with van der Waals surface area (Å²) in [7, 11) is -1.78. The van der Waals surface area contributed by atoms with Crippen LogP contribution in [0.4, 0.5) is 0 Å². The molecule has 0 amide bonds. The summed E-state index contributed by atoms with van der Waals surface area (Å²) < 4.78 is 12.0. The van der Waals surface area contributed by atoms with Crippen LogP contribution in [0.3, 0.4) is 0 Å². The maximum absolute atomic E-state index is 11.9. The highest BCUT2D eigenvalue weighted by Gasteiger charge is 2.50. The Hall–Kier alpha value is -0.873. The number of fused-ring (bicyclic) bond motifs is 1. The summed E-state index contributed by atoms with van der Waals surface area (Å²) >= 11 is 0. The number of carbonyl (C=O) groups is 1. The van der Waals surface area contributed by atoms with E-state index in [-0.39, 0.29) is 16.4 Å². The fourth-order valence-electron chi connectivity index (χ4n) is 4.44. The molecule has 148 valence electrons. The van der Waals surface area contributed by atoms with E-state index in [2.05, 4.69) is 53.8 Å². The van der Waals surface area contributed by atoms with E-state index in [9.17, 15) is 4.79 Å². The van der Waals surface area contributed by atoms with Gasteiger partial charge in [0, 0.05) is 12.2 Å². The van der Waals surface area contributed by atoms with Crippen molar-refractivity contribution >= 4 is 14.3 Å². The van der Waals surface area contributed by atoms with Crippen LogP contribution in [0.5, 0.6) is 0 Å². The Kier molecular flexibility index (Phi) is 6.29. The Bertz CT molecular complexity index is 597. The van der Waals surface area contributed by atoms with Crippen molar-refractivity contribution in [1.29, 1.82) is 0 Å². The number of carbonyl (C=O) groups excluding carboxylic acids is 1. The van der Waals surface area contributed by atoms with Crippen LogP contribution in [0.2, 0.25) is 18.1 Å². The molecule has 0 aliphatic heterocycles. The van der Waals surface area contributed by atoms with Crippen molar-refractivity contribution in [3.63, 3.8) is 0 Å². The van der Waals surface area contributed by atoms with Crippen LogP contribution in [-0.4, -0.2) is 27.0 Å². The van der Waals surface area contributed by atoms with E-state index in [4.69, 9.17) is 9.16 Å². The lowest BCUT2D eigenvalue weighted by Crippen LogP contribution is -2.49. The second-order valence-electron chi connectivity index (χ2n) is 9.77. The Balaban J connectivity index is 2.21. The van der Waals surface area contributed by atoms with Gasteiger partial charge in [0.2, 0.25) is 0 Å². The van der Waals surface area contributed by atoms with Crippen LogP contribution in [0.25, 0.3) is 0 Å². The third-order valence-corrected chi connectivity index (χ3v) is 11.4. The van der Waals surface area contributed by atoms with Crippen molar-refractivity contribution in [2.45, 2.75) is 91.5 Å². The summed E-state index contributed by atoms with van der Waals surface area (Å²) in [5, 5.41) is 0.232. The van der Waals surface area contributed by atoms with E-state index in [1.165, 1.54) is 18.4 Å². The molecule has 0 heterocycles. The molecule has 0 aromatic rings. The third-order valence-electron chi connectivity index (χ3n) is 6.94. The molecule has 0 N–H and O–H groups in total. The van der Waals surface area contributed by atoms with E-state index in [0.29, 0.717) is 18.6 Å². The molecule has 0 radical (unpaired) electrons. The van der Waals surface area contributed by atoms with Gasteiger partial charge in [0.05, 0.1) is 6.61 Å². The predicted molar refractivity (Wildman–Crippen MR) is 111 cm³/mol. The molecule has 3 atom stereocenters. The first-order valence-electron chi connectivity index (χ1n) is 10.2. The number of esters is 1. The molecule has 4 heteroatoms. The number of rotatable bonds is 5. The second kappa shape index (κ2) is 7.63. The van der Waals surface area contributed by atoms with Gasteiger partial charge in [0.25, 0.3) is 0 Å². The predicted octanol–water partition coefficient (Wildman–Crippen LogP) is 6.02. The molecule has 0 aromatic heterocycles. The Morgan fingerprint density at radius 2 is 2.04 bits per heavy atom. The maximum atomic E-state index is 11.9. The SMILES string of the molecule is CCOC(=O)/C=C(\C)C1=CC[C@H]2C(O[Si](C)(C)C(C)(C)C)CCCC12C. The van der Waals surface area contributed by atoms with Gasteiger partial charge >= 0.3 is 5.97 Å². The summed E-state index contributed by atoms with van der Waals surface area (Å²) in [6.07, 6.45) is 8.93. The van der Waals surface area contributed by atoms with E-state index < -0.39 is 8.32 Å². The summed E-state index contributed by atoms with van der Waals surface area (Å²) in [5.41, 5.74) is 2.50. The van der Waals surface area contributed by atoms with Crippen molar-refractivity contribution in [1.82, 2.24) is 0 Å². The molecule has 2 unspecified atom stereocenters. The highest BCUT2D eigenvalue weighted by atomic mass is 28.4. The Labute approximate surface area is 161 Å². The molecule has 2 aliphatic rings. The standard InChI is InChI=1S/C22H38O3Si/c1-9-24-20(23)15-16(2)17-12-13-18-19(11-10-14-22(17,18)6)25-26(7,8)21(3,4)5/h12,15,18-19H,9-11,13-14H2,1-8H3/b16-15+/t18-,19?,22?/m0/s1. The normalized spacial score (nSPS) is 30.0. The van der Waals surface area contributed by atoms with Gasteiger partial charge in [-0.1, -0.05) is 40.2 Å². The van der Waals surface area contributed by atoms with Crippen molar-refractivity contribution in [3.05, 3.63) is 23.3 Å². The molecule has 1 fully saturated rings. The highest BCUT2D eigenvalue weighted by molar-refractivity contribution is 6.74. The summed E-state index contributed by atoms with van der Waals surface area (Å²) in [5.74, 6) is 0.286. The summed E-state index contributed by atoms with van der Waals surface area (Å²) in [6, 6.07) is 0. The Morgan fingerprint density at radius 1 is 1.38 bits per heavy atom. The second-order valence-corrected chi connectivity index (χ2v) is 14.5. The molecule has 1 saturated carbocycles. The van der Waals surface area contributed by atoms with Gasteiger partial charge in [-0.05, 0) is 73.7 Å². The zero-order chi connectivity index (χ0) is 19.8. The lowest BCUT2D eigenvalue weighted by Gasteiger charge is -2.48. The van der Waals surface area contributed by atoms with Crippen LogP contribution in [-0.2, 0) is 14.0 Å². The van der Waals surface area contributed by atoms with Crippen molar-refractivity contribution in [2.75, 3.05) is 6.61 Å². The zero-order valence-corrected chi connectivity index (χ0v) is 19.1. The minimum absolute atomic E-state index is 0.109. The molecule has 2 rings (SSSR count). The van der Waals surface area contributed by atoms with Gasteiger partial charge in [0.1, 0.15) is 0 Å². The number of ether oxygens (including phenoxy) is 1. The summed E-state index contributed by atoms with van der Waals surface area (Å²) in [4.78, 5) is 11.9. The Morgan fingerprint density at radius 3 is 2.62 bits per heavy atom. The number of hydrogen-bond donors (Lipinski definition) is 0. The average Bonchev–Trinajstić information content (AvgIpc) is 2.84. The largest absolute Gasteiger partial charge is 0.463 e. The van der Waals surface area contributed by atoms with Gasteiger partial charge < -0.3 is 9.16 Å². The van der Waals surface area contributed by atoms with Crippen LogP contribution < -0.4 is 0 Å². The molecule has 0 bridgehead atoms. The highest BCUT2D eigenvalue weighted by Crippen LogP contribution is 2.56. The molecule has 3 nitrogen and oxygen atoms in total. The van der Waals surface area contributed by atoms with E-state index >= 15 is 0 Å². The lowest BCUT2D eigenvalue weighted by atomic mass is 9.64. The first-order chi connectivity index (χ1) is 11.9. The van der Waals surface area contributed by atoms with Gasteiger partial charge in [0.15, 0.2) is 8.32 Å². The van der Waals surface area contributed by atoms with Crippen LogP contribution in [0.1, 0.15) is 67.2 Å². The van der Waals surface area contributed by atoms with Gasteiger partial charge in [-0.3, -0.25) is 0 Å². The zero-order valence-electron chi connectivity index (χ0n) is 18.1.